The van der Waals surface area contributed by atoms with Crippen LogP contribution in [0.1, 0.15) is 24.0 Å². The summed E-state index contributed by atoms with van der Waals surface area (Å²) in [5.41, 5.74) is 2.63. The van der Waals surface area contributed by atoms with Crippen molar-refractivity contribution >= 4 is 6.21 Å². The van der Waals surface area contributed by atoms with E-state index in [9.17, 15) is 0 Å². The molecule has 0 radical (unpaired) electrons. The molecule has 4 heterocycles. The van der Waals surface area contributed by atoms with Gasteiger partial charge in [0.1, 0.15) is 17.7 Å². The monoisotopic (exact) mass is 456 g/mol. The molecule has 6 heteroatoms. The van der Waals surface area contributed by atoms with E-state index in [1.54, 1.807) is 0 Å². The van der Waals surface area contributed by atoms with E-state index in [2.05, 4.69) is 86.4 Å². The van der Waals surface area contributed by atoms with Crippen molar-refractivity contribution in [2.24, 2.45) is 16.0 Å². The standard InChI is InChI=1S/C28H34N5O/c1-2-8-22(9-3-1)19-33-21-24(28(30-33)26-18-23-10-4-5-11-25(23)34-26)20-31-14-16-32(17-15-31)27-12-6-7-13-29-27/h1-5,8-13,24,26,28H,6-7,14-21H2/q+1. The summed E-state index contributed by atoms with van der Waals surface area (Å²) in [6.07, 6.45) is 7.63. The fourth-order valence-electron chi connectivity index (χ4n) is 5.75. The van der Waals surface area contributed by atoms with Gasteiger partial charge in [0.25, 0.3) is 0 Å². The Labute approximate surface area is 202 Å². The van der Waals surface area contributed by atoms with Crippen molar-refractivity contribution in [3.05, 3.63) is 77.6 Å². The van der Waals surface area contributed by atoms with Crippen LogP contribution in [0.25, 0.3) is 0 Å². The van der Waals surface area contributed by atoms with Crippen molar-refractivity contribution in [3.63, 3.8) is 0 Å². The van der Waals surface area contributed by atoms with Crippen LogP contribution >= 0.6 is 0 Å². The highest BCUT2D eigenvalue weighted by atomic mass is 16.5. The average molecular weight is 457 g/mol. The maximum atomic E-state index is 6.43. The predicted molar refractivity (Wildman–Crippen MR) is 133 cm³/mol. The molecule has 4 aliphatic rings. The van der Waals surface area contributed by atoms with E-state index in [0.717, 1.165) is 70.8 Å². The number of azo groups is 2. The highest BCUT2D eigenvalue weighted by Crippen LogP contribution is 2.34. The smallest absolute Gasteiger partial charge is 0.193 e. The second-order valence-corrected chi connectivity index (χ2v) is 9.91. The largest absolute Gasteiger partial charge is 0.487 e. The van der Waals surface area contributed by atoms with Crippen molar-refractivity contribution in [2.45, 2.75) is 38.0 Å². The third-order valence-corrected chi connectivity index (χ3v) is 7.52. The second kappa shape index (κ2) is 9.71. The summed E-state index contributed by atoms with van der Waals surface area (Å²) in [4.78, 5) is 9.70. The Morgan fingerprint density at radius 3 is 2.56 bits per heavy atom. The summed E-state index contributed by atoms with van der Waals surface area (Å²) in [7, 11) is 0. The van der Waals surface area contributed by atoms with E-state index in [1.165, 1.54) is 16.9 Å². The fourth-order valence-corrected chi connectivity index (χ4v) is 5.75. The minimum atomic E-state index is 0.131. The fraction of sp³-hybridized carbons (Fsp3) is 0.464. The van der Waals surface area contributed by atoms with E-state index in [-0.39, 0.29) is 12.1 Å². The Hall–Kier alpha value is -2.99. The number of para-hydroxylation sites is 1. The third kappa shape index (κ3) is 4.64. The number of piperazine rings is 1. The maximum Gasteiger partial charge on any atom is 0.193 e. The zero-order chi connectivity index (χ0) is 22.7. The molecule has 0 bridgehead atoms. The maximum absolute atomic E-state index is 6.43. The molecule has 1 fully saturated rings. The SMILES string of the molecule is C1=NC(N2CCN(CC3C[N+](Cc4ccccc4)=NC3C3Cc4ccccc4O3)CC2)=CCC1. The van der Waals surface area contributed by atoms with E-state index in [1.807, 2.05) is 0 Å². The summed E-state index contributed by atoms with van der Waals surface area (Å²) >= 11 is 0. The molecule has 0 saturated carbocycles. The van der Waals surface area contributed by atoms with Gasteiger partial charge in [-0.2, -0.15) is 0 Å². The summed E-state index contributed by atoms with van der Waals surface area (Å²) in [5.74, 6) is 2.69. The van der Waals surface area contributed by atoms with Crippen LogP contribution in [0.4, 0.5) is 0 Å². The van der Waals surface area contributed by atoms with Crippen molar-refractivity contribution in [1.82, 2.24) is 9.80 Å². The quantitative estimate of drug-likeness (QED) is 0.618. The lowest BCUT2D eigenvalue weighted by molar-refractivity contribution is -0.600. The summed E-state index contributed by atoms with van der Waals surface area (Å²) in [6.45, 7) is 7.21. The minimum absolute atomic E-state index is 0.131. The lowest BCUT2D eigenvalue weighted by Gasteiger charge is -2.37. The Morgan fingerprint density at radius 1 is 0.941 bits per heavy atom. The molecule has 4 aliphatic heterocycles. The lowest BCUT2D eigenvalue weighted by atomic mass is 9.93. The molecule has 176 valence electrons. The third-order valence-electron chi connectivity index (χ3n) is 7.52. The first-order valence-electron chi connectivity index (χ1n) is 12.8. The van der Waals surface area contributed by atoms with E-state index >= 15 is 0 Å². The number of hydrogen-bond donors (Lipinski definition) is 0. The van der Waals surface area contributed by atoms with Crippen LogP contribution in [0.5, 0.6) is 5.75 Å². The number of nitrogens with zero attached hydrogens (tertiary/aromatic N) is 5. The van der Waals surface area contributed by atoms with E-state index in [0.29, 0.717) is 5.92 Å². The molecule has 0 aliphatic carbocycles. The number of benzene rings is 2. The van der Waals surface area contributed by atoms with Gasteiger partial charge in [0.05, 0.1) is 5.92 Å². The zero-order valence-corrected chi connectivity index (χ0v) is 19.8. The van der Waals surface area contributed by atoms with Crippen molar-refractivity contribution in [3.8, 4) is 5.75 Å². The number of aliphatic imine (C=N–C) groups is 1. The van der Waals surface area contributed by atoms with E-state index in [4.69, 9.17) is 9.85 Å². The Bertz CT molecular complexity index is 1060. The number of hydrogen-bond acceptors (Lipinski definition) is 5. The molecule has 2 aromatic rings. The van der Waals surface area contributed by atoms with Crippen LogP contribution < -0.4 is 4.74 Å². The van der Waals surface area contributed by atoms with Crippen LogP contribution in [0.15, 0.2) is 76.6 Å². The second-order valence-electron chi connectivity index (χ2n) is 9.91. The number of ether oxygens (including phenoxy) is 1. The van der Waals surface area contributed by atoms with Crippen LogP contribution in [-0.4, -0.2) is 72.1 Å². The highest BCUT2D eigenvalue weighted by molar-refractivity contribution is 5.60. The van der Waals surface area contributed by atoms with Gasteiger partial charge in [-0.15, -0.1) is 4.70 Å². The number of fused-ring (bicyclic) bond motifs is 1. The normalized spacial score (nSPS) is 26.7. The van der Waals surface area contributed by atoms with Gasteiger partial charge in [0.15, 0.2) is 19.1 Å². The van der Waals surface area contributed by atoms with Crippen LogP contribution in [-0.2, 0) is 13.0 Å². The van der Waals surface area contributed by atoms with Gasteiger partial charge in [-0.3, -0.25) is 4.90 Å². The van der Waals surface area contributed by atoms with Crippen molar-refractivity contribution < 1.29 is 9.43 Å². The average Bonchev–Trinajstić information content (AvgIpc) is 3.49. The van der Waals surface area contributed by atoms with Gasteiger partial charge in [0, 0.05) is 50.9 Å². The molecular weight excluding hydrogens is 422 g/mol. The summed E-state index contributed by atoms with van der Waals surface area (Å²) < 4.78 is 8.72. The molecule has 3 atom stereocenters. The molecule has 34 heavy (non-hydrogen) atoms. The highest BCUT2D eigenvalue weighted by Gasteiger charge is 2.45. The first-order valence-corrected chi connectivity index (χ1v) is 12.8. The summed E-state index contributed by atoms with van der Waals surface area (Å²) in [5, 5.41) is 5.23. The molecule has 0 N–H and O–H groups in total. The molecule has 2 aromatic carbocycles. The van der Waals surface area contributed by atoms with Gasteiger partial charge in [-0.25, -0.2) is 4.99 Å². The molecule has 6 rings (SSSR count). The molecule has 0 spiro atoms. The predicted octanol–water partition coefficient (Wildman–Crippen LogP) is 3.98. The Kier molecular flexibility index (Phi) is 6.15. The van der Waals surface area contributed by atoms with E-state index < -0.39 is 0 Å². The van der Waals surface area contributed by atoms with Crippen LogP contribution in [0, 0.1) is 5.92 Å². The molecule has 0 amide bonds. The van der Waals surface area contributed by atoms with Crippen molar-refractivity contribution in [1.29, 1.82) is 0 Å². The van der Waals surface area contributed by atoms with Gasteiger partial charge in [-0.1, -0.05) is 48.5 Å². The first-order chi connectivity index (χ1) is 16.8. The topological polar surface area (TPSA) is 43.4 Å². The summed E-state index contributed by atoms with van der Waals surface area (Å²) in [6, 6.07) is 19.4. The van der Waals surface area contributed by atoms with Gasteiger partial charge < -0.3 is 9.64 Å². The molecule has 1 saturated heterocycles. The minimum Gasteiger partial charge on any atom is -0.487 e. The van der Waals surface area contributed by atoms with Gasteiger partial charge in [-0.05, 0) is 35.7 Å². The molecule has 0 aromatic heterocycles. The first kappa shape index (κ1) is 21.5. The van der Waals surface area contributed by atoms with Crippen LogP contribution in [0.3, 0.4) is 0 Å². The Morgan fingerprint density at radius 2 is 1.76 bits per heavy atom. The molecular formula is C28H34N5O+. The molecule has 6 nitrogen and oxygen atoms in total. The van der Waals surface area contributed by atoms with Crippen LogP contribution in [0.2, 0.25) is 0 Å². The lowest BCUT2D eigenvalue weighted by Crippen LogP contribution is -2.49. The number of allylic oxidation sites excluding steroid dienone is 1. The van der Waals surface area contributed by atoms with Crippen molar-refractivity contribution in [2.75, 3.05) is 39.3 Å². The molecule has 3 unspecified atom stereocenters. The van der Waals surface area contributed by atoms with Gasteiger partial charge >= 0.3 is 0 Å². The number of rotatable bonds is 6. The zero-order valence-electron chi connectivity index (χ0n) is 19.8. The van der Waals surface area contributed by atoms with Gasteiger partial charge in [0.2, 0.25) is 0 Å². The Balaban J connectivity index is 1.13.